The molecule has 3 amide bonds. The van der Waals surface area contributed by atoms with E-state index in [1.807, 2.05) is 0 Å². The number of nitrogens with one attached hydrogen (secondary N) is 2. The molecule has 0 aliphatic carbocycles. The van der Waals surface area contributed by atoms with Gasteiger partial charge in [0.1, 0.15) is 11.8 Å². The highest BCUT2D eigenvalue weighted by molar-refractivity contribution is 5.88. The van der Waals surface area contributed by atoms with Crippen LogP contribution in [0.15, 0.2) is 36.4 Å². The number of aromatic hydroxyl groups is 1. The van der Waals surface area contributed by atoms with Crippen molar-refractivity contribution in [2.45, 2.75) is 57.9 Å². The minimum absolute atomic E-state index is 0.136. The number of phenols is 1. The Balaban J connectivity index is 2.64. The van der Waals surface area contributed by atoms with Gasteiger partial charge in [-0.2, -0.15) is 0 Å². The number of rotatable bonds is 14. The van der Waals surface area contributed by atoms with Crippen LogP contribution < -0.4 is 10.6 Å². The van der Waals surface area contributed by atoms with Gasteiger partial charge in [0.15, 0.2) is 0 Å². The lowest BCUT2D eigenvalue weighted by atomic mass is 10.0. The Hall–Kier alpha value is -2.87. The van der Waals surface area contributed by atoms with Crippen LogP contribution in [0.25, 0.3) is 0 Å². The number of hydrogen-bond acceptors (Lipinski definition) is 5. The molecule has 31 heavy (non-hydrogen) atoms. The van der Waals surface area contributed by atoms with Gasteiger partial charge in [0, 0.05) is 32.5 Å². The summed E-state index contributed by atoms with van der Waals surface area (Å²) in [5, 5.41) is 16.0. The van der Waals surface area contributed by atoms with Crippen molar-refractivity contribution < 1.29 is 24.3 Å². The van der Waals surface area contributed by atoms with Gasteiger partial charge >= 0.3 is 0 Å². The van der Waals surface area contributed by atoms with Crippen LogP contribution in [0, 0.1) is 0 Å². The summed E-state index contributed by atoms with van der Waals surface area (Å²) in [6.07, 6.45) is 8.67. The molecule has 0 bridgehead atoms. The fourth-order valence-electron chi connectivity index (χ4n) is 2.87. The molecule has 1 rings (SSSR count). The molecule has 0 aliphatic heterocycles. The van der Waals surface area contributed by atoms with Crippen LogP contribution in [-0.4, -0.2) is 54.6 Å². The topological polar surface area (TPSA) is 108 Å². The number of likely N-dealkylation sites (N-methyl/N-ethyl adjacent to an activating group) is 1. The van der Waals surface area contributed by atoms with Crippen molar-refractivity contribution in [3.8, 4) is 5.75 Å². The average Bonchev–Trinajstić information content (AvgIpc) is 2.76. The zero-order chi connectivity index (χ0) is 23.1. The number of hydroxylamine groups is 2. The van der Waals surface area contributed by atoms with Crippen molar-refractivity contribution in [3.63, 3.8) is 0 Å². The number of amides is 3. The van der Waals surface area contributed by atoms with Crippen LogP contribution in [0.5, 0.6) is 5.75 Å². The van der Waals surface area contributed by atoms with Crippen molar-refractivity contribution in [1.82, 2.24) is 15.7 Å². The second-order valence-electron chi connectivity index (χ2n) is 7.32. The smallest absolute Gasteiger partial charge is 0.269 e. The fourth-order valence-corrected chi connectivity index (χ4v) is 2.87. The lowest BCUT2D eigenvalue weighted by molar-refractivity contribution is -0.162. The number of phenolic OH excluding ortho intramolecular Hbond substituents is 1. The monoisotopic (exact) mass is 433 g/mol. The molecule has 0 fully saturated rings. The summed E-state index contributed by atoms with van der Waals surface area (Å²) in [7, 11) is 2.87. The molecule has 8 heteroatoms. The minimum Gasteiger partial charge on any atom is -0.508 e. The van der Waals surface area contributed by atoms with Crippen LogP contribution in [0.1, 0.15) is 51.0 Å². The van der Waals surface area contributed by atoms with E-state index in [0.717, 1.165) is 42.7 Å². The van der Waals surface area contributed by atoms with E-state index in [0.29, 0.717) is 12.8 Å². The maximum absolute atomic E-state index is 12.7. The number of carbonyl (C=O) groups excluding carboxylic acids is 3. The Morgan fingerprint density at radius 2 is 1.81 bits per heavy atom. The first-order valence-electron chi connectivity index (χ1n) is 10.7. The van der Waals surface area contributed by atoms with Crippen LogP contribution in [0.4, 0.5) is 0 Å². The van der Waals surface area contributed by atoms with Gasteiger partial charge in [-0.1, -0.05) is 50.8 Å². The van der Waals surface area contributed by atoms with E-state index >= 15 is 0 Å². The highest BCUT2D eigenvalue weighted by atomic mass is 16.7. The van der Waals surface area contributed by atoms with Crippen LogP contribution in [0.3, 0.4) is 0 Å². The summed E-state index contributed by atoms with van der Waals surface area (Å²) in [5.74, 6) is -0.724. The number of hydrogen-bond donors (Lipinski definition) is 3. The zero-order valence-electron chi connectivity index (χ0n) is 18.7. The predicted molar refractivity (Wildman–Crippen MR) is 119 cm³/mol. The molecule has 0 unspecified atom stereocenters. The summed E-state index contributed by atoms with van der Waals surface area (Å²) >= 11 is 0. The Bertz CT molecular complexity index is 718. The van der Waals surface area contributed by atoms with Gasteiger partial charge in [-0.3, -0.25) is 19.2 Å². The quantitative estimate of drug-likeness (QED) is 0.237. The first kappa shape index (κ1) is 26.2. The molecule has 8 nitrogen and oxygen atoms in total. The molecule has 1 aromatic rings. The molecule has 0 radical (unpaired) electrons. The minimum atomic E-state index is -0.751. The summed E-state index contributed by atoms with van der Waals surface area (Å²) in [5.41, 5.74) is 0.814. The maximum Gasteiger partial charge on any atom is 0.269 e. The summed E-state index contributed by atoms with van der Waals surface area (Å²) in [6.45, 7) is 2.28. The molecule has 3 N–H and O–H groups in total. The second-order valence-corrected chi connectivity index (χ2v) is 7.32. The molecule has 0 saturated heterocycles. The van der Waals surface area contributed by atoms with E-state index in [-0.39, 0.29) is 30.0 Å². The van der Waals surface area contributed by atoms with Crippen molar-refractivity contribution >= 4 is 17.7 Å². The lowest BCUT2D eigenvalue weighted by Gasteiger charge is -2.18. The number of unbranched alkanes of at least 4 members (excludes halogenated alkanes) is 4. The standard InChI is InChI=1S/C23H35N3O5/c1-4-5-6-7-8-10-21(28)25-20(17-18-12-14-19(27)15-13-18)23(30)24-16-9-11-22(29)26(2)31-3/h9,11-15,20,27H,4-8,10,16-17H2,1-3H3,(H,24,30)(H,25,28)/b11-9+/t20-/m0/s1. The molecule has 0 spiro atoms. The third-order valence-corrected chi connectivity index (χ3v) is 4.77. The zero-order valence-corrected chi connectivity index (χ0v) is 18.7. The third-order valence-electron chi connectivity index (χ3n) is 4.77. The van der Waals surface area contributed by atoms with Crippen molar-refractivity contribution in [1.29, 1.82) is 0 Å². The normalized spacial score (nSPS) is 11.8. The fraction of sp³-hybridized carbons (Fsp3) is 0.522. The lowest BCUT2D eigenvalue weighted by Crippen LogP contribution is -2.48. The SMILES string of the molecule is CCCCCCCC(=O)N[C@@H](Cc1ccc(O)cc1)C(=O)NC/C=C/C(=O)N(C)OC. The van der Waals surface area contributed by atoms with Crippen LogP contribution >= 0.6 is 0 Å². The van der Waals surface area contributed by atoms with E-state index in [9.17, 15) is 19.5 Å². The highest BCUT2D eigenvalue weighted by Crippen LogP contribution is 2.12. The Kier molecular flexibility index (Phi) is 12.7. The van der Waals surface area contributed by atoms with E-state index in [1.54, 1.807) is 24.3 Å². The summed E-state index contributed by atoms with van der Waals surface area (Å²) in [6, 6.07) is 5.76. The van der Waals surface area contributed by atoms with Crippen molar-refractivity contribution in [2.75, 3.05) is 20.7 Å². The number of carbonyl (C=O) groups is 3. The van der Waals surface area contributed by atoms with Crippen LogP contribution in [-0.2, 0) is 25.6 Å². The second kappa shape index (κ2) is 15.0. The number of benzene rings is 1. The molecule has 0 aliphatic rings. The Labute approximate surface area is 184 Å². The van der Waals surface area contributed by atoms with Crippen molar-refractivity contribution in [3.05, 3.63) is 42.0 Å². The predicted octanol–water partition coefficient (Wildman–Crippen LogP) is 2.47. The van der Waals surface area contributed by atoms with Gasteiger partial charge in [-0.05, 0) is 24.1 Å². The molecular weight excluding hydrogens is 398 g/mol. The van der Waals surface area contributed by atoms with E-state index in [2.05, 4.69) is 17.6 Å². The van der Waals surface area contributed by atoms with Gasteiger partial charge < -0.3 is 15.7 Å². The van der Waals surface area contributed by atoms with Gasteiger partial charge in [-0.25, -0.2) is 5.06 Å². The van der Waals surface area contributed by atoms with E-state index in [4.69, 9.17) is 4.84 Å². The van der Waals surface area contributed by atoms with Crippen molar-refractivity contribution in [2.24, 2.45) is 0 Å². The van der Waals surface area contributed by atoms with Gasteiger partial charge in [0.05, 0.1) is 7.11 Å². The summed E-state index contributed by atoms with van der Waals surface area (Å²) < 4.78 is 0. The molecule has 0 aromatic heterocycles. The Morgan fingerprint density at radius 1 is 1.13 bits per heavy atom. The first-order chi connectivity index (χ1) is 14.9. The third kappa shape index (κ3) is 11.2. The number of nitrogens with zero attached hydrogens (tertiary/aromatic N) is 1. The van der Waals surface area contributed by atoms with E-state index < -0.39 is 6.04 Å². The van der Waals surface area contributed by atoms with Gasteiger partial charge in [0.25, 0.3) is 5.91 Å². The molecule has 0 saturated carbocycles. The van der Waals surface area contributed by atoms with Gasteiger partial charge in [-0.15, -0.1) is 0 Å². The van der Waals surface area contributed by atoms with E-state index in [1.165, 1.54) is 26.3 Å². The molecule has 1 aromatic carbocycles. The largest absolute Gasteiger partial charge is 0.508 e. The highest BCUT2D eigenvalue weighted by Gasteiger charge is 2.20. The molecule has 172 valence electrons. The molecule has 0 heterocycles. The Morgan fingerprint density at radius 3 is 2.45 bits per heavy atom. The molecular formula is C23H35N3O5. The summed E-state index contributed by atoms with van der Waals surface area (Å²) in [4.78, 5) is 41.5. The average molecular weight is 434 g/mol. The molecule has 1 atom stereocenters. The first-order valence-corrected chi connectivity index (χ1v) is 10.7. The van der Waals surface area contributed by atoms with Gasteiger partial charge in [0.2, 0.25) is 11.8 Å². The van der Waals surface area contributed by atoms with Crippen LogP contribution in [0.2, 0.25) is 0 Å². The maximum atomic E-state index is 12.7.